The lowest BCUT2D eigenvalue weighted by atomic mass is 10.2. The number of halogens is 1. The van der Waals surface area contributed by atoms with E-state index >= 15 is 0 Å². The summed E-state index contributed by atoms with van der Waals surface area (Å²) in [5.74, 6) is 2.35. The van der Waals surface area contributed by atoms with E-state index in [1.54, 1.807) is 6.20 Å². The van der Waals surface area contributed by atoms with Crippen molar-refractivity contribution in [2.45, 2.75) is 6.92 Å². The summed E-state index contributed by atoms with van der Waals surface area (Å²) in [5.41, 5.74) is 2.07. The maximum absolute atomic E-state index is 5.80. The second kappa shape index (κ2) is 4.46. The van der Waals surface area contributed by atoms with E-state index in [9.17, 15) is 0 Å². The van der Waals surface area contributed by atoms with Gasteiger partial charge in [0.1, 0.15) is 5.76 Å². The molecule has 0 saturated carbocycles. The van der Waals surface area contributed by atoms with Crippen LogP contribution in [0.25, 0.3) is 22.9 Å². The molecule has 3 nitrogen and oxygen atoms in total. The molecule has 3 rings (SSSR count). The van der Waals surface area contributed by atoms with Gasteiger partial charge < -0.3 is 9.40 Å². The highest BCUT2D eigenvalue weighted by Crippen LogP contribution is 2.27. The largest absolute Gasteiger partial charge is 0.453 e. The van der Waals surface area contributed by atoms with Crippen molar-refractivity contribution in [3.63, 3.8) is 0 Å². The normalized spacial score (nSPS) is 10.8. The fourth-order valence-electron chi connectivity index (χ4n) is 1.77. The summed E-state index contributed by atoms with van der Waals surface area (Å²) >= 11 is 3.42. The van der Waals surface area contributed by atoms with E-state index in [2.05, 4.69) is 25.9 Å². The minimum absolute atomic E-state index is 0.751. The summed E-state index contributed by atoms with van der Waals surface area (Å²) in [6, 6.07) is 11.9. The Labute approximate surface area is 113 Å². The van der Waals surface area contributed by atoms with Crippen LogP contribution in [0.1, 0.15) is 5.69 Å². The first kappa shape index (κ1) is 11.3. The first-order chi connectivity index (χ1) is 8.72. The first-order valence-corrected chi connectivity index (χ1v) is 6.39. The number of hydrogen-bond donors (Lipinski definition) is 1. The van der Waals surface area contributed by atoms with Gasteiger partial charge in [-0.3, -0.25) is 0 Å². The molecule has 0 aliphatic carbocycles. The van der Waals surface area contributed by atoms with Crippen molar-refractivity contribution in [1.82, 2.24) is 9.97 Å². The summed E-state index contributed by atoms with van der Waals surface area (Å²) in [4.78, 5) is 7.40. The molecule has 0 spiro atoms. The second-order valence-electron chi connectivity index (χ2n) is 4.09. The first-order valence-electron chi connectivity index (χ1n) is 5.60. The fraction of sp³-hybridized carbons (Fsp3) is 0.0714. The van der Waals surface area contributed by atoms with Gasteiger partial charge in [-0.25, -0.2) is 4.98 Å². The highest BCUT2D eigenvalue weighted by Gasteiger charge is 2.08. The van der Waals surface area contributed by atoms with Crippen LogP contribution in [0, 0.1) is 6.92 Å². The van der Waals surface area contributed by atoms with Crippen LogP contribution in [-0.4, -0.2) is 9.97 Å². The molecule has 0 fully saturated rings. The lowest BCUT2D eigenvalue weighted by Gasteiger charge is -1.97. The number of nitrogens with one attached hydrogen (secondary N) is 1. The summed E-state index contributed by atoms with van der Waals surface area (Å²) in [7, 11) is 0. The molecule has 2 aromatic heterocycles. The molecule has 0 atom stereocenters. The smallest absolute Gasteiger partial charge is 0.173 e. The SMILES string of the molecule is Cc1cnc(-c2ccc(-c3ccc(Br)cc3)o2)[nH]1. The van der Waals surface area contributed by atoms with E-state index in [0.29, 0.717) is 0 Å². The Hall–Kier alpha value is -1.81. The summed E-state index contributed by atoms with van der Waals surface area (Å²) in [6.45, 7) is 1.97. The van der Waals surface area contributed by atoms with Crippen molar-refractivity contribution < 1.29 is 4.42 Å². The Kier molecular flexibility index (Phi) is 2.80. The number of benzene rings is 1. The molecule has 2 heterocycles. The molecule has 18 heavy (non-hydrogen) atoms. The maximum Gasteiger partial charge on any atom is 0.173 e. The Balaban J connectivity index is 1.96. The van der Waals surface area contributed by atoms with Crippen molar-refractivity contribution >= 4 is 15.9 Å². The van der Waals surface area contributed by atoms with Crippen LogP contribution < -0.4 is 0 Å². The molecule has 0 unspecified atom stereocenters. The Bertz CT molecular complexity index is 667. The molecule has 0 amide bonds. The number of H-pyrrole nitrogens is 1. The minimum Gasteiger partial charge on any atom is -0.453 e. The van der Waals surface area contributed by atoms with Crippen LogP contribution in [0.3, 0.4) is 0 Å². The number of imidazole rings is 1. The zero-order valence-corrected chi connectivity index (χ0v) is 11.4. The maximum atomic E-state index is 5.80. The van der Waals surface area contributed by atoms with E-state index < -0.39 is 0 Å². The number of rotatable bonds is 2. The highest BCUT2D eigenvalue weighted by atomic mass is 79.9. The van der Waals surface area contributed by atoms with Crippen LogP contribution in [-0.2, 0) is 0 Å². The number of aromatic nitrogens is 2. The van der Waals surface area contributed by atoms with Gasteiger partial charge in [-0.1, -0.05) is 28.1 Å². The zero-order valence-electron chi connectivity index (χ0n) is 9.77. The second-order valence-corrected chi connectivity index (χ2v) is 5.00. The predicted molar refractivity (Wildman–Crippen MR) is 74.2 cm³/mol. The quantitative estimate of drug-likeness (QED) is 0.762. The summed E-state index contributed by atoms with van der Waals surface area (Å²) in [5, 5.41) is 0. The van der Waals surface area contributed by atoms with Crippen molar-refractivity contribution in [3.8, 4) is 22.9 Å². The van der Waals surface area contributed by atoms with E-state index in [-0.39, 0.29) is 0 Å². The molecule has 0 aliphatic heterocycles. The van der Waals surface area contributed by atoms with Crippen LogP contribution in [0.15, 0.2) is 51.5 Å². The molecular weight excluding hydrogens is 292 g/mol. The van der Waals surface area contributed by atoms with Crippen molar-refractivity contribution in [2.75, 3.05) is 0 Å². The fourth-order valence-corrected chi connectivity index (χ4v) is 2.04. The number of hydrogen-bond acceptors (Lipinski definition) is 2. The van der Waals surface area contributed by atoms with Gasteiger partial charge >= 0.3 is 0 Å². The molecule has 4 heteroatoms. The molecule has 1 aromatic carbocycles. The van der Waals surface area contributed by atoms with E-state index in [1.165, 1.54) is 0 Å². The molecule has 0 radical (unpaired) electrons. The third-order valence-electron chi connectivity index (χ3n) is 2.67. The van der Waals surface area contributed by atoms with Crippen LogP contribution in [0.5, 0.6) is 0 Å². The Morgan fingerprint density at radius 1 is 1.06 bits per heavy atom. The van der Waals surface area contributed by atoms with Crippen LogP contribution >= 0.6 is 15.9 Å². The van der Waals surface area contributed by atoms with Gasteiger partial charge in [0.25, 0.3) is 0 Å². The lowest BCUT2D eigenvalue weighted by Crippen LogP contribution is -1.76. The van der Waals surface area contributed by atoms with Crippen molar-refractivity contribution in [2.24, 2.45) is 0 Å². The van der Waals surface area contributed by atoms with Gasteiger partial charge in [0.2, 0.25) is 0 Å². The zero-order chi connectivity index (χ0) is 12.5. The standard InChI is InChI=1S/C14H11BrN2O/c1-9-8-16-14(17-9)13-7-6-12(18-13)10-2-4-11(15)5-3-10/h2-8H,1H3,(H,16,17). The van der Waals surface area contributed by atoms with Crippen LogP contribution in [0.2, 0.25) is 0 Å². The highest BCUT2D eigenvalue weighted by molar-refractivity contribution is 9.10. The van der Waals surface area contributed by atoms with Crippen molar-refractivity contribution in [1.29, 1.82) is 0 Å². The Morgan fingerprint density at radius 2 is 1.78 bits per heavy atom. The van der Waals surface area contributed by atoms with Gasteiger partial charge in [-0.2, -0.15) is 0 Å². The average Bonchev–Trinajstić information content (AvgIpc) is 2.98. The van der Waals surface area contributed by atoms with Gasteiger partial charge in [-0.05, 0) is 31.2 Å². The van der Waals surface area contributed by atoms with Gasteiger partial charge in [0.05, 0.1) is 0 Å². The summed E-state index contributed by atoms with van der Waals surface area (Å²) in [6.07, 6.45) is 1.79. The molecule has 90 valence electrons. The topological polar surface area (TPSA) is 41.8 Å². The van der Waals surface area contributed by atoms with E-state index in [0.717, 1.165) is 33.1 Å². The Morgan fingerprint density at radius 3 is 2.44 bits per heavy atom. The van der Waals surface area contributed by atoms with Gasteiger partial charge in [0, 0.05) is 21.9 Å². The monoisotopic (exact) mass is 302 g/mol. The molecule has 1 N–H and O–H groups in total. The third-order valence-corrected chi connectivity index (χ3v) is 3.20. The van der Waals surface area contributed by atoms with Gasteiger partial charge in [0.15, 0.2) is 11.6 Å². The predicted octanol–water partition coefficient (Wildman–Crippen LogP) is 4.41. The number of furan rings is 1. The lowest BCUT2D eigenvalue weighted by molar-refractivity contribution is 0.593. The number of nitrogens with zero attached hydrogens (tertiary/aromatic N) is 1. The number of aryl methyl sites for hydroxylation is 1. The van der Waals surface area contributed by atoms with E-state index in [1.807, 2.05) is 43.3 Å². The molecule has 0 bridgehead atoms. The molecule has 3 aromatic rings. The molecule has 0 aliphatic rings. The van der Waals surface area contributed by atoms with Gasteiger partial charge in [-0.15, -0.1) is 0 Å². The van der Waals surface area contributed by atoms with Crippen molar-refractivity contribution in [3.05, 3.63) is 52.8 Å². The summed E-state index contributed by atoms with van der Waals surface area (Å²) < 4.78 is 6.86. The third kappa shape index (κ3) is 2.11. The number of aromatic amines is 1. The minimum atomic E-state index is 0.751. The molecular formula is C14H11BrN2O. The van der Waals surface area contributed by atoms with E-state index in [4.69, 9.17) is 4.42 Å². The average molecular weight is 303 g/mol. The molecule has 0 saturated heterocycles. The van der Waals surface area contributed by atoms with Crippen LogP contribution in [0.4, 0.5) is 0 Å².